The third-order valence-electron chi connectivity index (χ3n) is 4.74. The summed E-state index contributed by atoms with van der Waals surface area (Å²) >= 11 is 0. The Bertz CT molecular complexity index is 1060. The molecule has 0 saturated heterocycles. The van der Waals surface area contributed by atoms with Crippen LogP contribution >= 0.6 is 0 Å². The second-order valence-electron chi connectivity index (χ2n) is 6.79. The lowest BCUT2D eigenvalue weighted by molar-refractivity contribution is -0.137. The number of alkyl halides is 3. The van der Waals surface area contributed by atoms with E-state index in [0.717, 1.165) is 12.6 Å². The van der Waals surface area contributed by atoms with Gasteiger partial charge in [-0.05, 0) is 42.2 Å². The molecule has 1 heterocycles. The summed E-state index contributed by atoms with van der Waals surface area (Å²) in [4.78, 5) is 7.83. The highest BCUT2D eigenvalue weighted by Gasteiger charge is 2.35. The fraction of sp³-hybridized carbons (Fsp3) is 0.227. The van der Waals surface area contributed by atoms with E-state index in [9.17, 15) is 18.4 Å². The Balaban J connectivity index is 1.92. The van der Waals surface area contributed by atoms with Gasteiger partial charge < -0.3 is 10.6 Å². The predicted octanol–water partition coefficient (Wildman–Crippen LogP) is 6.37. The zero-order valence-electron chi connectivity index (χ0n) is 16.5. The van der Waals surface area contributed by atoms with Crippen LogP contribution in [-0.4, -0.2) is 9.97 Å². The van der Waals surface area contributed by atoms with E-state index >= 15 is 0 Å². The first-order valence-corrected chi connectivity index (χ1v) is 9.39. The second kappa shape index (κ2) is 8.82. The van der Waals surface area contributed by atoms with Crippen molar-refractivity contribution >= 4 is 23.1 Å². The van der Waals surface area contributed by atoms with Crippen molar-refractivity contribution in [2.45, 2.75) is 32.4 Å². The molecule has 154 valence electrons. The van der Waals surface area contributed by atoms with Crippen LogP contribution < -0.4 is 10.6 Å². The Labute approximate surface area is 172 Å². The SMILES string of the molecule is CCC(C)c1ccc(Nc2ncc(C(F)(F)F)c(Nc3ccccc3C#N)n2)cc1. The van der Waals surface area contributed by atoms with Gasteiger partial charge in [0.1, 0.15) is 17.5 Å². The van der Waals surface area contributed by atoms with Gasteiger partial charge in [-0.1, -0.05) is 38.1 Å². The van der Waals surface area contributed by atoms with Gasteiger partial charge in [-0.3, -0.25) is 0 Å². The van der Waals surface area contributed by atoms with Gasteiger partial charge in [-0.25, -0.2) is 4.98 Å². The van der Waals surface area contributed by atoms with Gasteiger partial charge in [0.2, 0.25) is 5.95 Å². The minimum atomic E-state index is -4.65. The van der Waals surface area contributed by atoms with E-state index in [2.05, 4.69) is 34.4 Å². The molecule has 5 nitrogen and oxygen atoms in total. The lowest BCUT2D eigenvalue weighted by Crippen LogP contribution is -2.13. The molecule has 2 aromatic carbocycles. The quantitative estimate of drug-likeness (QED) is 0.493. The molecule has 0 spiro atoms. The van der Waals surface area contributed by atoms with E-state index in [4.69, 9.17) is 0 Å². The minimum absolute atomic E-state index is 0.0104. The van der Waals surface area contributed by atoms with Crippen LogP contribution in [0.5, 0.6) is 0 Å². The van der Waals surface area contributed by atoms with Gasteiger partial charge in [0, 0.05) is 11.9 Å². The van der Waals surface area contributed by atoms with Crippen molar-refractivity contribution in [3.63, 3.8) is 0 Å². The molecular formula is C22H20F3N5. The van der Waals surface area contributed by atoms with Crippen LogP contribution in [0.25, 0.3) is 0 Å². The van der Waals surface area contributed by atoms with Crippen LogP contribution in [-0.2, 0) is 6.18 Å². The smallest absolute Gasteiger partial charge is 0.338 e. The minimum Gasteiger partial charge on any atom is -0.338 e. The first-order chi connectivity index (χ1) is 14.3. The molecule has 0 amide bonds. The molecule has 0 fully saturated rings. The number of nitrogens with zero attached hydrogens (tertiary/aromatic N) is 3. The van der Waals surface area contributed by atoms with Crippen LogP contribution in [0.1, 0.15) is 42.9 Å². The normalized spacial score (nSPS) is 12.1. The number of rotatable bonds is 6. The molecule has 1 unspecified atom stereocenters. The molecule has 1 atom stereocenters. The second-order valence-corrected chi connectivity index (χ2v) is 6.79. The molecule has 0 radical (unpaired) electrons. The molecule has 30 heavy (non-hydrogen) atoms. The molecule has 3 rings (SSSR count). The van der Waals surface area contributed by atoms with Gasteiger partial charge in [-0.15, -0.1) is 0 Å². The van der Waals surface area contributed by atoms with Crippen molar-refractivity contribution < 1.29 is 13.2 Å². The lowest BCUT2D eigenvalue weighted by Gasteiger charge is -2.16. The summed E-state index contributed by atoms with van der Waals surface area (Å²) in [5, 5.41) is 14.7. The Morgan fingerprint density at radius 1 is 1.07 bits per heavy atom. The monoisotopic (exact) mass is 411 g/mol. The lowest BCUT2D eigenvalue weighted by atomic mass is 9.99. The summed E-state index contributed by atoms with van der Waals surface area (Å²) in [7, 11) is 0. The zero-order valence-corrected chi connectivity index (χ0v) is 16.5. The van der Waals surface area contributed by atoms with Gasteiger partial charge in [0.05, 0.1) is 11.3 Å². The average molecular weight is 411 g/mol. The zero-order chi connectivity index (χ0) is 21.7. The van der Waals surface area contributed by atoms with Crippen molar-refractivity contribution in [3.05, 3.63) is 71.4 Å². The van der Waals surface area contributed by atoms with E-state index in [1.165, 1.54) is 17.7 Å². The molecule has 3 aromatic rings. The van der Waals surface area contributed by atoms with E-state index in [0.29, 0.717) is 11.6 Å². The van der Waals surface area contributed by atoms with Crippen molar-refractivity contribution in [1.82, 2.24) is 9.97 Å². The molecule has 0 saturated carbocycles. The standard InChI is InChI=1S/C22H20F3N5/c1-3-14(2)15-8-10-17(11-9-15)28-21-27-13-18(22(23,24)25)20(30-21)29-19-7-5-4-6-16(19)12-26/h4-11,13-14H,3H2,1-2H3,(H2,27,28,29,30). The van der Waals surface area contributed by atoms with Crippen LogP contribution in [0.3, 0.4) is 0 Å². The first-order valence-electron chi connectivity index (χ1n) is 9.39. The number of hydrogen-bond acceptors (Lipinski definition) is 5. The Morgan fingerprint density at radius 2 is 1.77 bits per heavy atom. The number of hydrogen-bond donors (Lipinski definition) is 2. The van der Waals surface area contributed by atoms with Gasteiger partial charge in [0.25, 0.3) is 0 Å². The van der Waals surface area contributed by atoms with Crippen molar-refractivity contribution in [2.24, 2.45) is 0 Å². The molecule has 1 aromatic heterocycles. The summed E-state index contributed by atoms with van der Waals surface area (Å²) in [5.74, 6) is -0.00692. The molecule has 0 aliphatic rings. The van der Waals surface area contributed by atoms with Crippen LogP contribution in [0.4, 0.5) is 36.3 Å². The number of para-hydroxylation sites is 1. The summed E-state index contributed by atoms with van der Waals surface area (Å²) < 4.78 is 40.3. The molecule has 2 N–H and O–H groups in total. The molecule has 8 heteroatoms. The van der Waals surface area contributed by atoms with Crippen LogP contribution in [0.15, 0.2) is 54.7 Å². The Kier molecular flexibility index (Phi) is 6.21. The Morgan fingerprint density at radius 3 is 2.40 bits per heavy atom. The maximum Gasteiger partial charge on any atom is 0.421 e. The maximum atomic E-state index is 13.4. The van der Waals surface area contributed by atoms with Crippen LogP contribution in [0, 0.1) is 11.3 Å². The highest BCUT2D eigenvalue weighted by atomic mass is 19.4. The van der Waals surface area contributed by atoms with E-state index in [1.807, 2.05) is 30.3 Å². The van der Waals surface area contributed by atoms with Crippen LogP contribution in [0.2, 0.25) is 0 Å². The summed E-state index contributed by atoms with van der Waals surface area (Å²) in [6.45, 7) is 4.23. The fourth-order valence-electron chi connectivity index (χ4n) is 2.82. The third kappa shape index (κ3) is 4.87. The number of nitriles is 1. The summed E-state index contributed by atoms with van der Waals surface area (Å²) in [5.41, 5.74) is 1.25. The molecular weight excluding hydrogens is 391 g/mol. The van der Waals surface area contributed by atoms with Crippen molar-refractivity contribution in [1.29, 1.82) is 5.26 Å². The van der Waals surface area contributed by atoms with Gasteiger partial charge in [-0.2, -0.15) is 23.4 Å². The maximum absolute atomic E-state index is 13.4. The van der Waals surface area contributed by atoms with Gasteiger partial charge >= 0.3 is 6.18 Å². The van der Waals surface area contributed by atoms with E-state index in [-0.39, 0.29) is 17.2 Å². The molecule has 0 bridgehead atoms. The topological polar surface area (TPSA) is 73.6 Å². The molecule has 0 aliphatic carbocycles. The number of aromatic nitrogens is 2. The summed E-state index contributed by atoms with van der Waals surface area (Å²) in [6, 6.07) is 15.8. The first kappa shape index (κ1) is 21.1. The number of halogens is 3. The predicted molar refractivity (Wildman–Crippen MR) is 110 cm³/mol. The van der Waals surface area contributed by atoms with E-state index in [1.54, 1.807) is 12.1 Å². The third-order valence-corrected chi connectivity index (χ3v) is 4.74. The van der Waals surface area contributed by atoms with Gasteiger partial charge in [0.15, 0.2) is 0 Å². The Hall–Kier alpha value is -3.60. The van der Waals surface area contributed by atoms with E-state index < -0.39 is 17.6 Å². The summed E-state index contributed by atoms with van der Waals surface area (Å²) in [6.07, 6.45) is -2.92. The highest BCUT2D eigenvalue weighted by molar-refractivity contribution is 5.67. The fourth-order valence-corrected chi connectivity index (χ4v) is 2.82. The molecule has 0 aliphatic heterocycles. The highest BCUT2D eigenvalue weighted by Crippen LogP contribution is 2.35. The van der Waals surface area contributed by atoms with Crippen molar-refractivity contribution in [2.75, 3.05) is 10.6 Å². The number of benzene rings is 2. The largest absolute Gasteiger partial charge is 0.421 e. The van der Waals surface area contributed by atoms with Crippen molar-refractivity contribution in [3.8, 4) is 6.07 Å². The number of anilines is 4. The number of nitrogens with one attached hydrogen (secondary N) is 2. The average Bonchev–Trinajstić information content (AvgIpc) is 2.73.